The number of carboxylic acid groups (broad SMARTS) is 1. The molecule has 2 aromatic carbocycles. The highest BCUT2D eigenvalue weighted by atomic mass is 16.6. The molecule has 1 atom stereocenters. The van der Waals surface area contributed by atoms with E-state index in [0.29, 0.717) is 17.1 Å². The lowest BCUT2D eigenvalue weighted by molar-refractivity contribution is -0.157. The second-order valence-electron chi connectivity index (χ2n) is 7.78. The molecule has 0 fully saturated rings. The van der Waals surface area contributed by atoms with Crippen molar-refractivity contribution in [3.05, 3.63) is 59.7 Å². The smallest absolute Gasteiger partial charge is 0.408 e. The first kappa shape index (κ1) is 24.5. The van der Waals surface area contributed by atoms with Gasteiger partial charge in [0.25, 0.3) is 0 Å². The Hall–Kier alpha value is -3.75. The van der Waals surface area contributed by atoms with E-state index >= 15 is 0 Å². The van der Waals surface area contributed by atoms with Crippen LogP contribution < -0.4 is 14.8 Å². The van der Waals surface area contributed by atoms with Crippen molar-refractivity contribution in [2.45, 2.75) is 39.0 Å². The van der Waals surface area contributed by atoms with Crippen molar-refractivity contribution in [3.63, 3.8) is 0 Å². The molecule has 0 aliphatic heterocycles. The van der Waals surface area contributed by atoms with Gasteiger partial charge < -0.3 is 29.4 Å². The van der Waals surface area contributed by atoms with E-state index < -0.39 is 29.7 Å². The molecule has 0 bridgehead atoms. The third kappa shape index (κ3) is 8.17. The predicted octanol–water partition coefficient (Wildman–Crippen LogP) is 3.47. The Morgan fingerprint density at radius 2 is 1.56 bits per heavy atom. The van der Waals surface area contributed by atoms with E-state index in [4.69, 9.17) is 18.9 Å². The van der Waals surface area contributed by atoms with Crippen LogP contribution in [-0.4, -0.2) is 42.5 Å². The SMILES string of the molecule is COc1ccc(COC(=O)NC(C(=O)O)c2ccc(OCC(=O)OC(C)(C)C)cc2)cc1. The molecule has 0 spiro atoms. The average molecular weight is 445 g/mol. The van der Waals surface area contributed by atoms with Crippen LogP contribution in [0.15, 0.2) is 48.5 Å². The van der Waals surface area contributed by atoms with Crippen LogP contribution in [0.3, 0.4) is 0 Å². The Labute approximate surface area is 186 Å². The Bertz CT molecular complexity index is 917. The highest BCUT2D eigenvalue weighted by Crippen LogP contribution is 2.19. The molecule has 2 N–H and O–H groups in total. The second kappa shape index (κ2) is 11.0. The topological polar surface area (TPSA) is 120 Å². The lowest BCUT2D eigenvalue weighted by atomic mass is 10.1. The summed E-state index contributed by atoms with van der Waals surface area (Å²) in [5.74, 6) is -0.756. The molecule has 9 nitrogen and oxygen atoms in total. The first-order valence-corrected chi connectivity index (χ1v) is 9.81. The third-order valence-electron chi connectivity index (χ3n) is 4.03. The summed E-state index contributed by atoms with van der Waals surface area (Å²) in [6.45, 7) is 4.94. The van der Waals surface area contributed by atoms with E-state index in [1.807, 2.05) is 0 Å². The fourth-order valence-electron chi connectivity index (χ4n) is 2.59. The zero-order valence-corrected chi connectivity index (χ0v) is 18.4. The molecular formula is C23H27NO8. The zero-order valence-electron chi connectivity index (χ0n) is 18.4. The van der Waals surface area contributed by atoms with Crippen LogP contribution in [0.4, 0.5) is 4.79 Å². The van der Waals surface area contributed by atoms with E-state index in [1.165, 1.54) is 24.3 Å². The maximum Gasteiger partial charge on any atom is 0.408 e. The fourth-order valence-corrected chi connectivity index (χ4v) is 2.59. The van der Waals surface area contributed by atoms with Crippen molar-refractivity contribution in [1.82, 2.24) is 5.32 Å². The maximum absolute atomic E-state index is 12.1. The number of ether oxygens (including phenoxy) is 4. The summed E-state index contributed by atoms with van der Waals surface area (Å²) in [6.07, 6.45) is -0.876. The zero-order chi connectivity index (χ0) is 23.7. The Balaban J connectivity index is 1.91. The highest BCUT2D eigenvalue weighted by Gasteiger charge is 2.23. The normalized spacial score (nSPS) is 11.8. The van der Waals surface area contributed by atoms with Crippen LogP contribution in [0.1, 0.15) is 37.9 Å². The molecule has 2 aromatic rings. The van der Waals surface area contributed by atoms with Gasteiger partial charge in [0.05, 0.1) is 7.11 Å². The molecule has 2 rings (SSSR count). The van der Waals surface area contributed by atoms with E-state index in [9.17, 15) is 19.5 Å². The number of nitrogens with one attached hydrogen (secondary N) is 1. The number of amides is 1. The monoisotopic (exact) mass is 445 g/mol. The van der Waals surface area contributed by atoms with Crippen LogP contribution in [0, 0.1) is 0 Å². The molecule has 1 amide bonds. The number of carbonyl (C=O) groups excluding carboxylic acids is 2. The lowest BCUT2D eigenvalue weighted by Gasteiger charge is -2.19. The van der Waals surface area contributed by atoms with Gasteiger partial charge in [0.2, 0.25) is 0 Å². The number of hydrogen-bond donors (Lipinski definition) is 2. The van der Waals surface area contributed by atoms with Crippen LogP contribution in [-0.2, 0) is 25.7 Å². The van der Waals surface area contributed by atoms with E-state index in [2.05, 4.69) is 5.32 Å². The Kier molecular flexibility index (Phi) is 8.46. The lowest BCUT2D eigenvalue weighted by Crippen LogP contribution is -2.34. The van der Waals surface area contributed by atoms with Crippen LogP contribution in [0.2, 0.25) is 0 Å². The quantitative estimate of drug-likeness (QED) is 0.563. The number of methoxy groups -OCH3 is 1. The molecule has 0 aliphatic rings. The molecule has 1 unspecified atom stereocenters. The number of carboxylic acids is 1. The summed E-state index contributed by atoms with van der Waals surface area (Å²) in [5.41, 5.74) is 0.412. The van der Waals surface area contributed by atoms with Gasteiger partial charge in [-0.05, 0) is 56.2 Å². The Morgan fingerprint density at radius 1 is 0.969 bits per heavy atom. The van der Waals surface area contributed by atoms with E-state index in [-0.39, 0.29) is 13.2 Å². The molecule has 0 aliphatic carbocycles. The number of aliphatic carboxylic acids is 1. The second-order valence-corrected chi connectivity index (χ2v) is 7.78. The summed E-state index contributed by atoms with van der Waals surface area (Å²) in [5, 5.41) is 11.8. The van der Waals surface area contributed by atoms with Gasteiger partial charge in [-0.1, -0.05) is 24.3 Å². The molecule has 0 heterocycles. The number of rotatable bonds is 9. The van der Waals surface area contributed by atoms with Crippen molar-refractivity contribution in [2.75, 3.05) is 13.7 Å². The minimum absolute atomic E-state index is 0.0282. The fraction of sp³-hybridized carbons (Fsp3) is 0.348. The maximum atomic E-state index is 12.1. The van der Waals surface area contributed by atoms with Crippen molar-refractivity contribution in [2.24, 2.45) is 0 Å². The number of hydrogen-bond acceptors (Lipinski definition) is 7. The van der Waals surface area contributed by atoms with Crippen LogP contribution >= 0.6 is 0 Å². The predicted molar refractivity (Wildman–Crippen MR) is 114 cm³/mol. The van der Waals surface area contributed by atoms with Crippen molar-refractivity contribution in [1.29, 1.82) is 0 Å². The summed E-state index contributed by atoms with van der Waals surface area (Å²) in [7, 11) is 1.55. The minimum Gasteiger partial charge on any atom is -0.497 e. The third-order valence-corrected chi connectivity index (χ3v) is 4.03. The van der Waals surface area contributed by atoms with Crippen LogP contribution in [0.5, 0.6) is 11.5 Å². The Morgan fingerprint density at radius 3 is 2.09 bits per heavy atom. The van der Waals surface area contributed by atoms with Crippen molar-refractivity contribution in [3.8, 4) is 11.5 Å². The number of benzene rings is 2. The van der Waals surface area contributed by atoms with Gasteiger partial charge in [0.15, 0.2) is 12.6 Å². The highest BCUT2D eigenvalue weighted by molar-refractivity contribution is 5.81. The molecule has 9 heteroatoms. The van der Waals surface area contributed by atoms with Gasteiger partial charge in [-0.2, -0.15) is 0 Å². The number of esters is 1. The number of carbonyl (C=O) groups is 3. The van der Waals surface area contributed by atoms with Gasteiger partial charge in [0, 0.05) is 0 Å². The molecule has 0 saturated carbocycles. The molecule has 0 saturated heterocycles. The molecular weight excluding hydrogens is 418 g/mol. The summed E-state index contributed by atoms with van der Waals surface area (Å²) in [4.78, 5) is 35.4. The number of alkyl carbamates (subject to hydrolysis) is 1. The minimum atomic E-state index is -1.32. The molecule has 32 heavy (non-hydrogen) atoms. The first-order valence-electron chi connectivity index (χ1n) is 9.81. The van der Waals surface area contributed by atoms with E-state index in [0.717, 1.165) is 5.56 Å². The van der Waals surface area contributed by atoms with Crippen LogP contribution in [0.25, 0.3) is 0 Å². The van der Waals surface area contributed by atoms with Gasteiger partial charge in [0.1, 0.15) is 23.7 Å². The largest absolute Gasteiger partial charge is 0.497 e. The van der Waals surface area contributed by atoms with Gasteiger partial charge >= 0.3 is 18.0 Å². The van der Waals surface area contributed by atoms with Gasteiger partial charge in [-0.15, -0.1) is 0 Å². The summed E-state index contributed by atoms with van der Waals surface area (Å²) in [6, 6.07) is 11.6. The first-order chi connectivity index (χ1) is 15.1. The standard InChI is InChI=1S/C23H27NO8/c1-23(2,3)32-19(25)14-30-18-11-7-16(8-12-18)20(21(26)27)24-22(28)31-13-15-5-9-17(29-4)10-6-15/h5-12,20H,13-14H2,1-4H3,(H,24,28)(H,26,27). The summed E-state index contributed by atoms with van der Waals surface area (Å²) < 4.78 is 20.7. The molecule has 172 valence electrons. The van der Waals surface area contributed by atoms with Crippen molar-refractivity contribution < 1.29 is 38.4 Å². The van der Waals surface area contributed by atoms with E-state index in [1.54, 1.807) is 52.1 Å². The molecule has 0 aromatic heterocycles. The van der Waals surface area contributed by atoms with Gasteiger partial charge in [-0.25, -0.2) is 14.4 Å². The summed E-state index contributed by atoms with van der Waals surface area (Å²) >= 11 is 0. The average Bonchev–Trinajstić information content (AvgIpc) is 2.74. The molecule has 0 radical (unpaired) electrons. The van der Waals surface area contributed by atoms with Crippen molar-refractivity contribution >= 4 is 18.0 Å². The van der Waals surface area contributed by atoms with Gasteiger partial charge in [-0.3, -0.25) is 0 Å².